The lowest BCUT2D eigenvalue weighted by Crippen LogP contribution is -2.42. The molecule has 0 spiro atoms. The van der Waals surface area contributed by atoms with Crippen molar-refractivity contribution < 1.29 is 19.0 Å². The highest BCUT2D eigenvalue weighted by Gasteiger charge is 2.36. The van der Waals surface area contributed by atoms with Crippen molar-refractivity contribution in [3.8, 4) is 0 Å². The molecule has 1 aromatic carbocycles. The minimum absolute atomic E-state index is 0.151. The summed E-state index contributed by atoms with van der Waals surface area (Å²) in [7, 11) is 0. The molecule has 21 heavy (non-hydrogen) atoms. The van der Waals surface area contributed by atoms with Gasteiger partial charge in [-0.25, -0.2) is 0 Å². The van der Waals surface area contributed by atoms with E-state index in [1.165, 1.54) is 0 Å². The number of hydrogen-bond acceptors (Lipinski definition) is 5. The van der Waals surface area contributed by atoms with Crippen LogP contribution in [0.2, 0.25) is 0 Å². The first-order valence-electron chi connectivity index (χ1n) is 6.06. The fraction of sp³-hybridized carbons (Fsp3) is 0.308. The van der Waals surface area contributed by atoms with Crippen molar-refractivity contribution in [1.29, 1.82) is 0 Å². The fourth-order valence-electron chi connectivity index (χ4n) is 1.95. The van der Waals surface area contributed by atoms with Gasteiger partial charge >= 0.3 is 0 Å². The Labute approximate surface area is 134 Å². The first-order valence-corrected chi connectivity index (χ1v) is 7.31. The molecule has 1 saturated heterocycles. The average molecular weight is 401 g/mol. The molecule has 0 aromatic heterocycles. The fourth-order valence-corrected chi connectivity index (χ4v) is 2.43. The molecule has 110 valence electrons. The van der Waals surface area contributed by atoms with E-state index in [1.807, 2.05) is 52.9 Å². The second kappa shape index (κ2) is 7.99. The molecule has 7 nitrogen and oxygen atoms in total. The van der Waals surface area contributed by atoms with Gasteiger partial charge in [-0.15, -0.1) is 0 Å². The molecule has 0 unspecified atom stereocenters. The lowest BCUT2D eigenvalue weighted by Gasteiger charge is -2.35. The van der Waals surface area contributed by atoms with Gasteiger partial charge in [0, 0.05) is 10.5 Å². The van der Waals surface area contributed by atoms with Crippen LogP contribution in [-0.4, -0.2) is 25.3 Å². The van der Waals surface area contributed by atoms with Crippen molar-refractivity contribution in [2.24, 2.45) is 5.11 Å². The smallest absolute Gasteiger partial charge is 0.293 e. The third kappa shape index (κ3) is 3.94. The number of ether oxygens (including phenoxy) is 3. The van der Waals surface area contributed by atoms with Gasteiger partial charge in [0.05, 0.1) is 12.3 Å². The van der Waals surface area contributed by atoms with Crippen LogP contribution >= 0.6 is 22.6 Å². The zero-order chi connectivity index (χ0) is 15.1. The van der Waals surface area contributed by atoms with Crippen LogP contribution in [-0.2, 0) is 19.0 Å². The van der Waals surface area contributed by atoms with E-state index in [0.717, 1.165) is 5.56 Å². The monoisotopic (exact) mass is 401 g/mol. The second-order valence-electron chi connectivity index (χ2n) is 4.13. The molecule has 0 N–H and O–H groups in total. The quantitative estimate of drug-likeness (QED) is 0.249. The number of rotatable bonds is 5. The summed E-state index contributed by atoms with van der Waals surface area (Å²) in [6, 6.07) is 9.35. The molecule has 1 heterocycles. The summed E-state index contributed by atoms with van der Waals surface area (Å²) in [6.07, 6.45) is -1.95. The minimum atomic E-state index is -0.679. The summed E-state index contributed by atoms with van der Waals surface area (Å²) in [5, 5.41) is 3.58. The van der Waals surface area contributed by atoms with Crippen molar-refractivity contribution in [3.05, 3.63) is 56.1 Å². The summed E-state index contributed by atoms with van der Waals surface area (Å²) in [4.78, 5) is 13.3. The molecule has 3 atom stereocenters. The summed E-state index contributed by atoms with van der Waals surface area (Å²) in [6.45, 7) is 0.478. The van der Waals surface area contributed by atoms with Crippen LogP contribution in [0, 0.1) is 0 Å². The molecule has 0 bridgehead atoms. The highest BCUT2D eigenvalue weighted by molar-refractivity contribution is 14.1. The van der Waals surface area contributed by atoms with Crippen molar-refractivity contribution in [2.45, 2.75) is 18.5 Å². The zero-order valence-corrected chi connectivity index (χ0v) is 13.0. The molecule has 8 heteroatoms. The van der Waals surface area contributed by atoms with E-state index < -0.39 is 18.5 Å². The maximum atomic E-state index is 10.6. The number of nitrogens with zero attached hydrogens (tertiary/aromatic N) is 3. The molecule has 1 aliphatic heterocycles. The third-order valence-electron chi connectivity index (χ3n) is 2.89. The lowest BCUT2D eigenvalue weighted by molar-refractivity contribution is -0.249. The van der Waals surface area contributed by atoms with Crippen LogP contribution in [0.1, 0.15) is 11.9 Å². The Kier molecular flexibility index (Phi) is 6.00. The summed E-state index contributed by atoms with van der Waals surface area (Å²) in [5.41, 5.74) is 9.79. The topological polar surface area (TPSA) is 93.5 Å². The molecule has 1 aliphatic rings. The van der Waals surface area contributed by atoms with Gasteiger partial charge in [-0.1, -0.05) is 58.0 Å². The molecule has 0 radical (unpaired) electrons. The van der Waals surface area contributed by atoms with E-state index in [2.05, 4.69) is 10.0 Å². The van der Waals surface area contributed by atoms with Crippen LogP contribution in [0.25, 0.3) is 10.4 Å². The van der Waals surface area contributed by atoms with E-state index in [9.17, 15) is 4.79 Å². The first-order chi connectivity index (χ1) is 10.3. The van der Waals surface area contributed by atoms with E-state index in [0.29, 0.717) is 12.2 Å². The highest BCUT2D eigenvalue weighted by atomic mass is 127. The van der Waals surface area contributed by atoms with Gasteiger partial charge in [0.2, 0.25) is 0 Å². The van der Waals surface area contributed by atoms with Gasteiger partial charge in [-0.05, 0) is 9.61 Å². The van der Waals surface area contributed by atoms with Crippen molar-refractivity contribution in [2.75, 3.05) is 6.61 Å². The average Bonchev–Trinajstić information content (AvgIpc) is 2.54. The molecule has 1 aromatic rings. The number of azide groups is 1. The minimum Gasteiger partial charge on any atom is -0.459 e. The second-order valence-corrected chi connectivity index (χ2v) is 4.75. The normalized spacial score (nSPS) is 25.8. The molecule has 0 amide bonds. The Bertz CT molecular complexity index is 560. The van der Waals surface area contributed by atoms with Crippen LogP contribution in [0.5, 0.6) is 0 Å². The highest BCUT2D eigenvalue weighted by Crippen LogP contribution is 2.31. The molecule has 1 fully saturated rings. The van der Waals surface area contributed by atoms with Gasteiger partial charge in [0.15, 0.2) is 12.4 Å². The van der Waals surface area contributed by atoms with Gasteiger partial charge < -0.3 is 14.2 Å². The number of halogens is 1. The number of carbonyl (C=O) groups excluding carboxylic acids is 1. The predicted octanol–water partition coefficient (Wildman–Crippen LogP) is 3.23. The van der Waals surface area contributed by atoms with Gasteiger partial charge in [-0.2, -0.15) is 0 Å². The Morgan fingerprint density at radius 3 is 2.86 bits per heavy atom. The Morgan fingerprint density at radius 2 is 2.24 bits per heavy atom. The van der Waals surface area contributed by atoms with Crippen LogP contribution in [0.4, 0.5) is 0 Å². The van der Waals surface area contributed by atoms with E-state index in [1.54, 1.807) is 4.08 Å². The maximum Gasteiger partial charge on any atom is 0.293 e. The molecular formula is C13H12IN3O4. The lowest BCUT2D eigenvalue weighted by atomic mass is 10.1. The standard InChI is InChI=1S/C13H12IN3O4/c14-6-10(16-17-15)12-11(20-8-18)7-19-13(21-12)9-4-2-1-3-5-9/h1-6,8,11-13H,7H2/b10-6-/t11-,12+,13-/m1/s1. The molecule has 0 aliphatic carbocycles. The van der Waals surface area contributed by atoms with Crippen molar-refractivity contribution >= 4 is 29.1 Å². The number of benzene rings is 1. The first kappa shape index (κ1) is 15.8. The van der Waals surface area contributed by atoms with Gasteiger partial charge in [0.25, 0.3) is 6.47 Å². The summed E-state index contributed by atoms with van der Waals surface area (Å²) >= 11 is 1.94. The van der Waals surface area contributed by atoms with E-state index >= 15 is 0 Å². The van der Waals surface area contributed by atoms with Gasteiger partial charge in [0.1, 0.15) is 6.10 Å². The third-order valence-corrected chi connectivity index (χ3v) is 3.52. The SMILES string of the molecule is [N-]=[N+]=N/C(=C\I)[C@@H]1O[C@H](c2ccccc2)OC[C@H]1OC=O. The maximum absolute atomic E-state index is 10.6. The summed E-state index contributed by atoms with van der Waals surface area (Å²) in [5.74, 6) is 0. The van der Waals surface area contributed by atoms with Crippen LogP contribution in [0.3, 0.4) is 0 Å². The van der Waals surface area contributed by atoms with Crippen LogP contribution in [0.15, 0.2) is 45.2 Å². The Morgan fingerprint density at radius 1 is 1.48 bits per heavy atom. The zero-order valence-electron chi connectivity index (χ0n) is 10.8. The summed E-state index contributed by atoms with van der Waals surface area (Å²) < 4.78 is 17.9. The molecule has 2 rings (SSSR count). The Hall–Kier alpha value is -1.61. The predicted molar refractivity (Wildman–Crippen MR) is 82.2 cm³/mol. The largest absolute Gasteiger partial charge is 0.459 e. The van der Waals surface area contributed by atoms with Crippen molar-refractivity contribution in [1.82, 2.24) is 0 Å². The van der Waals surface area contributed by atoms with Crippen LogP contribution < -0.4 is 0 Å². The molecular weight excluding hydrogens is 389 g/mol. The number of hydrogen-bond donors (Lipinski definition) is 0. The van der Waals surface area contributed by atoms with E-state index in [4.69, 9.17) is 19.7 Å². The van der Waals surface area contributed by atoms with Gasteiger partial charge in [-0.3, -0.25) is 4.79 Å². The number of carbonyl (C=O) groups is 1. The Balaban J connectivity index is 2.23. The van der Waals surface area contributed by atoms with Crippen molar-refractivity contribution in [3.63, 3.8) is 0 Å². The molecule has 0 saturated carbocycles. The van der Waals surface area contributed by atoms with E-state index in [-0.39, 0.29) is 6.61 Å².